The molecule has 4 aromatic rings. The summed E-state index contributed by atoms with van der Waals surface area (Å²) < 4.78 is 13.4. The van der Waals surface area contributed by atoms with Crippen LogP contribution in [0.5, 0.6) is 11.5 Å². The zero-order valence-electron chi connectivity index (χ0n) is 26.8. The van der Waals surface area contributed by atoms with Gasteiger partial charge in [0.25, 0.3) is 5.56 Å². The summed E-state index contributed by atoms with van der Waals surface area (Å²) in [4.78, 5) is 45.0. The number of carbonyl (C=O) groups excluding carboxylic acids is 2. The molecule has 0 saturated heterocycles. The first-order valence-corrected chi connectivity index (χ1v) is 15.4. The maximum absolute atomic E-state index is 13.2. The molecule has 0 radical (unpaired) electrons. The molecule has 0 saturated carbocycles. The van der Waals surface area contributed by atoms with Crippen molar-refractivity contribution in [2.24, 2.45) is 5.41 Å². The lowest BCUT2D eigenvalue weighted by molar-refractivity contribution is -0.137. The van der Waals surface area contributed by atoms with Gasteiger partial charge in [0.1, 0.15) is 16.9 Å². The van der Waals surface area contributed by atoms with Crippen molar-refractivity contribution in [1.82, 2.24) is 9.47 Å². The highest BCUT2D eigenvalue weighted by Crippen LogP contribution is 2.40. The molecule has 0 unspecified atom stereocenters. The first-order chi connectivity index (χ1) is 21.6. The summed E-state index contributed by atoms with van der Waals surface area (Å²) in [5, 5.41) is 1.66. The molecule has 0 bridgehead atoms. The third-order valence-corrected chi connectivity index (χ3v) is 8.51. The van der Waals surface area contributed by atoms with Crippen LogP contribution in [0.15, 0.2) is 83.8 Å². The molecule has 45 heavy (non-hydrogen) atoms. The van der Waals surface area contributed by atoms with Crippen molar-refractivity contribution < 1.29 is 19.1 Å². The Labute approximate surface area is 264 Å². The number of ether oxygens (including phenoxy) is 2. The zero-order valence-corrected chi connectivity index (χ0v) is 26.8. The van der Waals surface area contributed by atoms with Crippen molar-refractivity contribution in [1.29, 1.82) is 0 Å². The maximum Gasteiger partial charge on any atom is 0.258 e. The standard InChI is InChI=1S/C36H42N4O5/c1-6-40-31-16-15-29(24-32(31)37(4)34(42)36(2,3)35(40)43)45-22-10-18-38(25-26-11-9-13-28(23-26)44-5)20-21-39-19-17-27-12-7-8-14-30(27)33(39)41/h7-9,11-17,19,23-24H,6,10,18,20-22,25H2,1-5H3. The predicted octanol–water partition coefficient (Wildman–Crippen LogP) is 5.34. The van der Waals surface area contributed by atoms with Crippen molar-refractivity contribution in [3.05, 3.63) is 94.9 Å². The van der Waals surface area contributed by atoms with Crippen LogP contribution < -0.4 is 24.8 Å². The fourth-order valence-electron chi connectivity index (χ4n) is 5.90. The summed E-state index contributed by atoms with van der Waals surface area (Å²) in [7, 11) is 3.37. The van der Waals surface area contributed by atoms with E-state index in [-0.39, 0.29) is 17.4 Å². The number of nitrogens with zero attached hydrogens (tertiary/aromatic N) is 4. The summed E-state index contributed by atoms with van der Waals surface area (Å²) in [5.74, 6) is 0.982. The topological polar surface area (TPSA) is 84.3 Å². The monoisotopic (exact) mass is 610 g/mol. The highest BCUT2D eigenvalue weighted by atomic mass is 16.5. The van der Waals surface area contributed by atoms with Gasteiger partial charge in [-0.15, -0.1) is 0 Å². The fourth-order valence-corrected chi connectivity index (χ4v) is 5.90. The molecule has 0 fully saturated rings. The van der Waals surface area contributed by atoms with Gasteiger partial charge in [0, 0.05) is 57.4 Å². The molecule has 0 atom stereocenters. The van der Waals surface area contributed by atoms with Crippen molar-refractivity contribution >= 4 is 34.0 Å². The smallest absolute Gasteiger partial charge is 0.258 e. The van der Waals surface area contributed by atoms with Crippen molar-refractivity contribution in [3.8, 4) is 11.5 Å². The van der Waals surface area contributed by atoms with Gasteiger partial charge in [-0.1, -0.05) is 30.3 Å². The molecule has 0 N–H and O–H groups in total. The van der Waals surface area contributed by atoms with Gasteiger partial charge < -0.3 is 23.8 Å². The second-order valence-corrected chi connectivity index (χ2v) is 11.9. The van der Waals surface area contributed by atoms with Crippen molar-refractivity contribution in [2.45, 2.75) is 40.3 Å². The molecule has 1 aliphatic rings. The molecule has 1 aliphatic heterocycles. The number of rotatable bonds is 12. The van der Waals surface area contributed by atoms with Crippen LogP contribution in [0.4, 0.5) is 11.4 Å². The van der Waals surface area contributed by atoms with E-state index in [0.29, 0.717) is 49.9 Å². The second-order valence-electron chi connectivity index (χ2n) is 11.9. The van der Waals surface area contributed by atoms with E-state index >= 15 is 0 Å². The van der Waals surface area contributed by atoms with E-state index in [0.717, 1.165) is 35.1 Å². The second kappa shape index (κ2) is 13.6. The molecule has 0 aliphatic carbocycles. The largest absolute Gasteiger partial charge is 0.497 e. The van der Waals surface area contributed by atoms with E-state index in [9.17, 15) is 14.4 Å². The van der Waals surface area contributed by atoms with Crippen LogP contribution in [0.2, 0.25) is 0 Å². The number of aromatic nitrogens is 1. The van der Waals surface area contributed by atoms with E-state index in [1.807, 2.05) is 79.9 Å². The molecular formula is C36H42N4O5. The van der Waals surface area contributed by atoms with E-state index < -0.39 is 5.41 Å². The number of hydrogen-bond acceptors (Lipinski definition) is 6. The molecule has 2 amide bonds. The third kappa shape index (κ3) is 6.73. The lowest BCUT2D eigenvalue weighted by atomic mass is 9.90. The average molecular weight is 611 g/mol. The number of amides is 2. The van der Waals surface area contributed by atoms with Crippen LogP contribution in [-0.2, 0) is 22.7 Å². The van der Waals surface area contributed by atoms with Gasteiger partial charge >= 0.3 is 0 Å². The predicted molar refractivity (Wildman–Crippen MR) is 178 cm³/mol. The van der Waals surface area contributed by atoms with Crippen LogP contribution in [0.3, 0.4) is 0 Å². The number of fused-ring (bicyclic) bond motifs is 2. The summed E-state index contributed by atoms with van der Waals surface area (Å²) in [5.41, 5.74) is 1.33. The Bertz CT molecular complexity index is 1750. The highest BCUT2D eigenvalue weighted by molar-refractivity contribution is 6.20. The summed E-state index contributed by atoms with van der Waals surface area (Å²) in [6, 6.07) is 23.2. The minimum atomic E-state index is -1.16. The molecule has 1 aromatic heterocycles. The van der Waals surface area contributed by atoms with Gasteiger partial charge in [-0.05, 0) is 74.5 Å². The Hall–Kier alpha value is -4.63. The van der Waals surface area contributed by atoms with Crippen LogP contribution in [0, 0.1) is 5.41 Å². The lowest BCUT2D eigenvalue weighted by Gasteiger charge is -2.27. The first-order valence-electron chi connectivity index (χ1n) is 15.4. The lowest BCUT2D eigenvalue weighted by Crippen LogP contribution is -2.47. The number of hydrogen-bond donors (Lipinski definition) is 0. The van der Waals surface area contributed by atoms with E-state index in [1.165, 1.54) is 0 Å². The number of pyridine rings is 1. The molecule has 3 aromatic carbocycles. The number of anilines is 2. The Morgan fingerprint density at radius 2 is 1.64 bits per heavy atom. The quantitative estimate of drug-likeness (QED) is 0.159. The molecule has 9 nitrogen and oxygen atoms in total. The molecule has 9 heteroatoms. The minimum Gasteiger partial charge on any atom is -0.497 e. The summed E-state index contributed by atoms with van der Waals surface area (Å²) >= 11 is 0. The van der Waals surface area contributed by atoms with Gasteiger partial charge in [0.15, 0.2) is 0 Å². The molecule has 236 valence electrons. The minimum absolute atomic E-state index is 0.0103. The van der Waals surface area contributed by atoms with Crippen molar-refractivity contribution in [2.75, 3.05) is 50.2 Å². The van der Waals surface area contributed by atoms with Gasteiger partial charge in [-0.3, -0.25) is 19.3 Å². The van der Waals surface area contributed by atoms with Gasteiger partial charge in [0.2, 0.25) is 11.8 Å². The Morgan fingerprint density at radius 1 is 0.844 bits per heavy atom. The fraction of sp³-hybridized carbons (Fsp3) is 0.361. The molecule has 2 heterocycles. The zero-order chi connectivity index (χ0) is 32.1. The Morgan fingerprint density at radius 3 is 2.42 bits per heavy atom. The van der Waals surface area contributed by atoms with E-state index in [4.69, 9.17) is 9.47 Å². The molecule has 5 rings (SSSR count). The van der Waals surface area contributed by atoms with Gasteiger partial charge in [0.05, 0.1) is 25.1 Å². The highest BCUT2D eigenvalue weighted by Gasteiger charge is 2.45. The normalized spacial score (nSPS) is 14.5. The number of carbonyl (C=O) groups is 2. The van der Waals surface area contributed by atoms with Crippen LogP contribution in [-0.4, -0.2) is 61.7 Å². The van der Waals surface area contributed by atoms with Gasteiger partial charge in [-0.25, -0.2) is 0 Å². The Balaban J connectivity index is 1.27. The van der Waals surface area contributed by atoms with E-state index in [1.54, 1.807) is 42.4 Å². The molecular weight excluding hydrogens is 568 g/mol. The van der Waals surface area contributed by atoms with Crippen LogP contribution in [0.25, 0.3) is 10.8 Å². The molecule has 0 spiro atoms. The van der Waals surface area contributed by atoms with Gasteiger partial charge in [-0.2, -0.15) is 0 Å². The average Bonchev–Trinajstić information content (AvgIpc) is 3.10. The third-order valence-electron chi connectivity index (χ3n) is 8.51. The summed E-state index contributed by atoms with van der Waals surface area (Å²) in [6.45, 7) is 8.86. The first kappa shape index (κ1) is 31.8. The SMILES string of the molecule is CCN1C(=O)C(C)(C)C(=O)N(C)c2cc(OCCCN(CCn3ccc4ccccc4c3=O)Cc3cccc(OC)c3)ccc21. The van der Waals surface area contributed by atoms with E-state index in [2.05, 4.69) is 11.0 Å². The maximum atomic E-state index is 13.2. The Kier molecular flexibility index (Phi) is 9.58. The van der Waals surface area contributed by atoms with Crippen LogP contribution >= 0.6 is 0 Å². The van der Waals surface area contributed by atoms with Crippen LogP contribution in [0.1, 0.15) is 32.8 Å². The summed E-state index contributed by atoms with van der Waals surface area (Å²) in [6.07, 6.45) is 2.61. The number of benzene rings is 3. The van der Waals surface area contributed by atoms with Crippen molar-refractivity contribution in [3.63, 3.8) is 0 Å². The number of methoxy groups -OCH3 is 1.